The van der Waals surface area contributed by atoms with E-state index in [9.17, 15) is 18.0 Å². The molecule has 0 spiro atoms. The van der Waals surface area contributed by atoms with Crippen molar-refractivity contribution in [2.24, 2.45) is 0 Å². The molecule has 1 saturated carbocycles. The van der Waals surface area contributed by atoms with Gasteiger partial charge in [0.25, 0.3) is 11.8 Å². The predicted molar refractivity (Wildman–Crippen MR) is 96.1 cm³/mol. The average molecular weight is 388 g/mol. The van der Waals surface area contributed by atoms with Gasteiger partial charge >= 0.3 is 0 Å². The van der Waals surface area contributed by atoms with Crippen LogP contribution >= 0.6 is 0 Å². The Balaban J connectivity index is 1.55. The zero-order valence-corrected chi connectivity index (χ0v) is 15.6. The molecule has 3 aliphatic rings. The van der Waals surface area contributed by atoms with E-state index in [2.05, 4.69) is 0 Å². The molecule has 27 heavy (non-hydrogen) atoms. The fourth-order valence-electron chi connectivity index (χ4n) is 3.71. The molecule has 0 radical (unpaired) electrons. The van der Waals surface area contributed by atoms with Gasteiger partial charge in [-0.05, 0) is 37.1 Å². The molecule has 1 aliphatic carbocycles. The third kappa shape index (κ3) is 3.31. The van der Waals surface area contributed by atoms with E-state index in [1.165, 1.54) is 0 Å². The standard InChI is InChI=1S/C18H20N4O4S/c19-11-13-1-3-14(4-2-13)17(23)21-8-7-20-9-10-27(25,26)22(15-5-6-15)18(24)16(20)12-21/h1-4,15-16H,5-10,12H2/t16-/m0/s1. The van der Waals surface area contributed by atoms with Crippen molar-refractivity contribution < 1.29 is 18.0 Å². The molecular formula is C18H20N4O4S. The second kappa shape index (κ2) is 6.62. The van der Waals surface area contributed by atoms with Crippen LogP contribution in [0.25, 0.3) is 0 Å². The molecule has 8 nitrogen and oxygen atoms in total. The first-order valence-corrected chi connectivity index (χ1v) is 10.6. The predicted octanol–water partition coefficient (Wildman–Crippen LogP) is 0.0191. The number of carbonyl (C=O) groups excluding carboxylic acids is 2. The highest BCUT2D eigenvalue weighted by Crippen LogP contribution is 2.32. The highest BCUT2D eigenvalue weighted by Gasteiger charge is 2.48. The monoisotopic (exact) mass is 388 g/mol. The Morgan fingerprint density at radius 2 is 1.81 bits per heavy atom. The molecule has 4 rings (SSSR count). The minimum Gasteiger partial charge on any atom is -0.335 e. The van der Waals surface area contributed by atoms with Gasteiger partial charge in [0.1, 0.15) is 6.04 Å². The van der Waals surface area contributed by atoms with Crippen LogP contribution < -0.4 is 0 Å². The van der Waals surface area contributed by atoms with Crippen LogP contribution in [0.4, 0.5) is 0 Å². The molecule has 0 bridgehead atoms. The van der Waals surface area contributed by atoms with E-state index in [0.29, 0.717) is 43.6 Å². The number of piperazine rings is 1. The summed E-state index contributed by atoms with van der Waals surface area (Å²) in [5, 5.41) is 8.88. The molecule has 0 aromatic heterocycles. The van der Waals surface area contributed by atoms with E-state index in [0.717, 1.165) is 4.31 Å². The van der Waals surface area contributed by atoms with E-state index in [1.807, 2.05) is 11.0 Å². The number of nitrogens with zero attached hydrogens (tertiary/aromatic N) is 4. The van der Waals surface area contributed by atoms with Gasteiger partial charge in [0.05, 0.1) is 17.4 Å². The lowest BCUT2D eigenvalue weighted by Gasteiger charge is -2.39. The van der Waals surface area contributed by atoms with E-state index >= 15 is 0 Å². The van der Waals surface area contributed by atoms with E-state index in [1.54, 1.807) is 29.2 Å². The second-order valence-electron chi connectivity index (χ2n) is 7.17. The SMILES string of the molecule is N#Cc1ccc(C(=O)N2CCN3CCS(=O)(=O)N(C4CC4)C(=O)[C@@H]3C2)cc1. The minimum absolute atomic E-state index is 0.0602. The number of amides is 2. The van der Waals surface area contributed by atoms with Crippen LogP contribution in [-0.4, -0.2) is 78.4 Å². The molecule has 0 unspecified atom stereocenters. The number of carbonyl (C=O) groups is 2. The molecular weight excluding hydrogens is 368 g/mol. The summed E-state index contributed by atoms with van der Waals surface area (Å²) < 4.78 is 26.1. The van der Waals surface area contributed by atoms with Crippen LogP contribution in [0.15, 0.2) is 24.3 Å². The Kier molecular flexibility index (Phi) is 4.40. The Bertz CT molecular complexity index is 918. The zero-order valence-electron chi connectivity index (χ0n) is 14.7. The topological polar surface area (TPSA) is 102 Å². The van der Waals surface area contributed by atoms with Crippen molar-refractivity contribution in [3.05, 3.63) is 35.4 Å². The number of nitriles is 1. The summed E-state index contributed by atoms with van der Waals surface area (Å²) in [6.45, 7) is 1.38. The van der Waals surface area contributed by atoms with E-state index in [-0.39, 0.29) is 24.2 Å². The lowest BCUT2D eigenvalue weighted by atomic mass is 10.1. The molecule has 2 aliphatic heterocycles. The van der Waals surface area contributed by atoms with Crippen LogP contribution in [0.1, 0.15) is 28.8 Å². The van der Waals surface area contributed by atoms with Gasteiger partial charge in [-0.25, -0.2) is 12.7 Å². The lowest BCUT2D eigenvalue weighted by Crippen LogP contribution is -2.59. The molecule has 3 fully saturated rings. The van der Waals surface area contributed by atoms with Gasteiger partial charge < -0.3 is 4.90 Å². The fraction of sp³-hybridized carbons (Fsp3) is 0.500. The summed E-state index contributed by atoms with van der Waals surface area (Å²) in [7, 11) is -3.59. The van der Waals surface area contributed by atoms with Crippen LogP contribution in [0.2, 0.25) is 0 Å². The highest BCUT2D eigenvalue weighted by atomic mass is 32.2. The molecule has 142 valence electrons. The molecule has 0 N–H and O–H groups in total. The van der Waals surface area contributed by atoms with Crippen molar-refractivity contribution in [1.82, 2.24) is 14.1 Å². The van der Waals surface area contributed by atoms with Crippen LogP contribution in [0, 0.1) is 11.3 Å². The number of fused-ring (bicyclic) bond motifs is 1. The van der Waals surface area contributed by atoms with Crippen LogP contribution in [0.3, 0.4) is 0 Å². The van der Waals surface area contributed by atoms with E-state index in [4.69, 9.17) is 5.26 Å². The average Bonchev–Trinajstić information content (AvgIpc) is 3.50. The maximum atomic E-state index is 13.0. The van der Waals surface area contributed by atoms with E-state index < -0.39 is 22.0 Å². The van der Waals surface area contributed by atoms with Gasteiger partial charge in [0, 0.05) is 37.8 Å². The first-order chi connectivity index (χ1) is 12.9. The van der Waals surface area contributed by atoms with Crippen molar-refractivity contribution >= 4 is 21.8 Å². The van der Waals surface area contributed by atoms with Gasteiger partial charge in [-0.3, -0.25) is 14.5 Å². The summed E-state index contributed by atoms with van der Waals surface area (Å²) >= 11 is 0. The largest absolute Gasteiger partial charge is 0.335 e. The number of benzene rings is 1. The quantitative estimate of drug-likeness (QED) is 0.708. The molecule has 2 amide bonds. The van der Waals surface area contributed by atoms with Crippen molar-refractivity contribution in [1.29, 1.82) is 5.26 Å². The first-order valence-electron chi connectivity index (χ1n) is 9.00. The number of hydrogen-bond donors (Lipinski definition) is 0. The molecule has 1 aromatic rings. The molecule has 1 aromatic carbocycles. The minimum atomic E-state index is -3.59. The first kappa shape index (κ1) is 17.9. The maximum Gasteiger partial charge on any atom is 0.255 e. The van der Waals surface area contributed by atoms with Gasteiger partial charge in [0.2, 0.25) is 10.0 Å². The fourth-order valence-corrected chi connectivity index (χ4v) is 5.43. The molecule has 9 heteroatoms. The van der Waals surface area contributed by atoms with Gasteiger partial charge in [-0.2, -0.15) is 5.26 Å². The summed E-state index contributed by atoms with van der Waals surface area (Å²) in [6.07, 6.45) is 1.43. The third-order valence-electron chi connectivity index (χ3n) is 5.36. The summed E-state index contributed by atoms with van der Waals surface area (Å²) in [5.41, 5.74) is 0.927. The Hall–Kier alpha value is -2.44. The smallest absolute Gasteiger partial charge is 0.255 e. The second-order valence-corrected chi connectivity index (χ2v) is 9.14. The van der Waals surface area contributed by atoms with Crippen LogP contribution in [0.5, 0.6) is 0 Å². The Morgan fingerprint density at radius 3 is 2.44 bits per heavy atom. The van der Waals surface area contributed by atoms with Crippen molar-refractivity contribution in [3.63, 3.8) is 0 Å². The molecule has 2 heterocycles. The summed E-state index contributed by atoms with van der Waals surface area (Å²) in [4.78, 5) is 29.3. The van der Waals surface area contributed by atoms with Gasteiger partial charge in [-0.1, -0.05) is 0 Å². The Labute approximate surface area is 158 Å². The number of rotatable bonds is 2. The summed E-state index contributed by atoms with van der Waals surface area (Å²) in [6, 6.07) is 7.54. The Morgan fingerprint density at radius 1 is 1.11 bits per heavy atom. The molecule has 2 saturated heterocycles. The molecule has 1 atom stereocenters. The van der Waals surface area contributed by atoms with Crippen molar-refractivity contribution in [2.75, 3.05) is 31.9 Å². The summed E-state index contributed by atoms with van der Waals surface area (Å²) in [5.74, 6) is -0.681. The maximum absolute atomic E-state index is 13.0. The number of sulfonamides is 1. The lowest BCUT2D eigenvalue weighted by molar-refractivity contribution is -0.133. The highest BCUT2D eigenvalue weighted by molar-refractivity contribution is 7.89. The van der Waals surface area contributed by atoms with Crippen molar-refractivity contribution in [2.45, 2.75) is 24.9 Å². The van der Waals surface area contributed by atoms with Crippen molar-refractivity contribution in [3.8, 4) is 6.07 Å². The van der Waals surface area contributed by atoms with Gasteiger partial charge in [0.15, 0.2) is 0 Å². The number of hydrogen-bond acceptors (Lipinski definition) is 6. The normalized spacial score (nSPS) is 25.4. The van der Waals surface area contributed by atoms with Gasteiger partial charge in [-0.15, -0.1) is 0 Å². The van der Waals surface area contributed by atoms with Crippen LogP contribution in [-0.2, 0) is 14.8 Å². The third-order valence-corrected chi connectivity index (χ3v) is 7.13. The zero-order chi connectivity index (χ0) is 19.2.